The van der Waals surface area contributed by atoms with Gasteiger partial charge in [0.25, 0.3) is 23.6 Å². The van der Waals surface area contributed by atoms with Crippen molar-refractivity contribution in [1.82, 2.24) is 54.8 Å². The second kappa shape index (κ2) is 21.2. The molecule has 4 aliphatic heterocycles. The van der Waals surface area contributed by atoms with Gasteiger partial charge in [-0.3, -0.25) is 43.7 Å². The number of nitrogens with zero attached hydrogens (tertiary/aromatic N) is 10. The fourth-order valence-corrected chi connectivity index (χ4v) is 9.60. The molecule has 6 amide bonds. The van der Waals surface area contributed by atoms with Crippen molar-refractivity contribution >= 4 is 52.9 Å². The molecular weight excluding hydrogens is 958 g/mol. The second-order valence-electron chi connectivity index (χ2n) is 18.5. The number of anilines is 2. The van der Waals surface area contributed by atoms with Gasteiger partial charge in [-0.15, -0.1) is 5.10 Å². The van der Waals surface area contributed by atoms with Crippen molar-refractivity contribution in [2.45, 2.75) is 69.2 Å². The summed E-state index contributed by atoms with van der Waals surface area (Å²) < 4.78 is 28.8. The number of aromatic nitrogens is 7. The van der Waals surface area contributed by atoms with Gasteiger partial charge in [0.15, 0.2) is 18.1 Å². The molecule has 3 fully saturated rings. The molecule has 3 aromatic carbocycles. The van der Waals surface area contributed by atoms with Crippen LogP contribution in [-0.2, 0) is 30.3 Å². The van der Waals surface area contributed by atoms with E-state index in [1.54, 1.807) is 41.4 Å². The maximum Gasteiger partial charge on any atom is 0.361 e. The Morgan fingerprint density at radius 2 is 1.57 bits per heavy atom. The molecule has 4 N–H and O–H groups in total. The summed E-state index contributed by atoms with van der Waals surface area (Å²) >= 11 is 0. The summed E-state index contributed by atoms with van der Waals surface area (Å²) in [5.41, 5.74) is 8.60. The maximum absolute atomic E-state index is 13.6. The van der Waals surface area contributed by atoms with Crippen LogP contribution in [0.3, 0.4) is 0 Å². The number of piperidine rings is 3. The number of amides is 6. The number of esters is 1. The van der Waals surface area contributed by atoms with E-state index in [1.807, 2.05) is 21.8 Å². The molecule has 380 valence electrons. The highest BCUT2D eigenvalue weighted by Crippen LogP contribution is 2.32. The quantitative estimate of drug-likeness (QED) is 0.0977. The molecule has 22 nitrogen and oxygen atoms in total. The number of benzene rings is 3. The summed E-state index contributed by atoms with van der Waals surface area (Å²) in [4.78, 5) is 104. The lowest BCUT2D eigenvalue weighted by molar-refractivity contribution is -0.136. The number of nitrogens with one attached hydrogen (secondary N) is 2. The summed E-state index contributed by atoms with van der Waals surface area (Å²) in [5, 5.41) is 18.3. The number of nitrogen functional groups attached to an aromatic ring is 1. The van der Waals surface area contributed by atoms with Crippen LogP contribution in [0.4, 0.5) is 15.9 Å². The Bertz CT molecular complexity index is 3130. The van der Waals surface area contributed by atoms with E-state index in [2.05, 4.69) is 40.9 Å². The number of halogens is 1. The fourth-order valence-electron chi connectivity index (χ4n) is 9.60. The highest BCUT2D eigenvalue weighted by atomic mass is 19.1. The van der Waals surface area contributed by atoms with Crippen molar-refractivity contribution in [1.29, 1.82) is 0 Å². The van der Waals surface area contributed by atoms with Crippen molar-refractivity contribution < 1.29 is 47.4 Å². The smallest absolute Gasteiger partial charge is 0.361 e. The Balaban J connectivity index is 0.665. The van der Waals surface area contributed by atoms with Crippen LogP contribution in [0.1, 0.15) is 99.2 Å². The average molecular weight is 1010 g/mol. The molecule has 6 aromatic rings. The van der Waals surface area contributed by atoms with Gasteiger partial charge in [-0.1, -0.05) is 35.5 Å². The number of nitrogens with two attached hydrogens (primary N) is 1. The molecule has 0 saturated carbocycles. The molecule has 7 heterocycles. The van der Waals surface area contributed by atoms with E-state index in [4.69, 9.17) is 15.2 Å². The molecule has 0 radical (unpaired) electrons. The topological polar surface area (TPSA) is 272 Å². The van der Waals surface area contributed by atoms with Crippen molar-refractivity contribution in [2.24, 2.45) is 0 Å². The minimum Gasteiger partial charge on any atom is -0.484 e. The highest BCUT2D eigenvalue weighted by Gasteiger charge is 2.45. The minimum atomic E-state index is -1.38. The first-order valence-electron chi connectivity index (χ1n) is 24.2. The maximum atomic E-state index is 13.6. The molecule has 4 aliphatic rings. The van der Waals surface area contributed by atoms with Gasteiger partial charge >= 0.3 is 5.97 Å². The zero-order valence-electron chi connectivity index (χ0n) is 39.8. The van der Waals surface area contributed by atoms with Gasteiger partial charge in [0.1, 0.15) is 17.6 Å². The van der Waals surface area contributed by atoms with E-state index in [0.717, 1.165) is 43.1 Å². The minimum absolute atomic E-state index is 0.0198. The summed E-state index contributed by atoms with van der Waals surface area (Å²) in [6.07, 6.45) is 9.39. The lowest BCUT2D eigenvalue weighted by Gasteiger charge is -2.32. The molecule has 2 atom stereocenters. The zero-order valence-corrected chi connectivity index (χ0v) is 39.8. The van der Waals surface area contributed by atoms with Crippen LogP contribution in [0.2, 0.25) is 0 Å². The van der Waals surface area contributed by atoms with E-state index >= 15 is 0 Å². The Labute approximate surface area is 422 Å². The number of ether oxygens (including phenoxy) is 2. The molecule has 0 bridgehead atoms. The van der Waals surface area contributed by atoms with E-state index in [1.165, 1.54) is 48.7 Å². The summed E-state index contributed by atoms with van der Waals surface area (Å²) in [6.45, 7) is 3.21. The molecule has 1 unspecified atom stereocenters. The third-order valence-electron chi connectivity index (χ3n) is 13.7. The third kappa shape index (κ3) is 10.6. The molecule has 0 aliphatic carbocycles. The SMILES string of the molecule is Nc1ncc(-c2cnn(C3CCN(CCc4cn(C5CCN(C(=O)COc6ccc7c(c6)C(=O)N(C6CCC(=O)NC6=O)C7=O)CC5)nn4)CC3)c2)nc1C(=O)O[C@@H](C(=O)Nc1ccc(F)cc1)c1ccccc1. The lowest BCUT2D eigenvalue weighted by Crippen LogP contribution is -2.54. The Morgan fingerprint density at radius 3 is 2.32 bits per heavy atom. The summed E-state index contributed by atoms with van der Waals surface area (Å²) in [7, 11) is 0. The Morgan fingerprint density at radius 1 is 0.838 bits per heavy atom. The van der Waals surface area contributed by atoms with Crippen molar-refractivity contribution in [3.63, 3.8) is 0 Å². The van der Waals surface area contributed by atoms with Crippen LogP contribution in [0.15, 0.2) is 97.6 Å². The number of rotatable bonds is 15. The van der Waals surface area contributed by atoms with Crippen molar-refractivity contribution in [2.75, 3.05) is 50.4 Å². The number of hydrogen-bond acceptors (Lipinski definition) is 16. The second-order valence-corrected chi connectivity index (χ2v) is 18.5. The van der Waals surface area contributed by atoms with Crippen molar-refractivity contribution in [3.8, 4) is 17.0 Å². The van der Waals surface area contributed by atoms with E-state index in [0.29, 0.717) is 54.9 Å². The van der Waals surface area contributed by atoms with Crippen LogP contribution in [0.25, 0.3) is 11.3 Å². The van der Waals surface area contributed by atoms with Crippen LogP contribution in [0.5, 0.6) is 5.75 Å². The number of carbonyl (C=O) groups is 7. The highest BCUT2D eigenvalue weighted by molar-refractivity contribution is 6.23. The van der Waals surface area contributed by atoms with Gasteiger partial charge in [-0.25, -0.2) is 23.8 Å². The van der Waals surface area contributed by atoms with Gasteiger partial charge < -0.3 is 30.3 Å². The normalized spacial score (nSPS) is 18.0. The van der Waals surface area contributed by atoms with Crippen LogP contribution >= 0.6 is 0 Å². The molecule has 0 spiro atoms. The predicted octanol–water partition coefficient (Wildman–Crippen LogP) is 3.71. The standard InChI is InChI=1S/C51H50FN13O9/c52-32-6-8-33(9-7-32)56-48(69)45(30-4-2-1-3-5-30)74-51(72)44-46(53)54-26-40(57-44)31-25-55-63(27-31)35-15-20-61(21-16-35)19-14-34-28-64(60-59-34)36-17-22-62(23-18-36)43(67)29-73-37-10-11-38-39(24-37)50(71)65(49(38)70)41-12-13-42(66)58-47(41)68/h1-11,24-28,35-36,41,45H,12-23,29H2,(H2,53,54)(H,56,69)(H,58,66,68)/t41?,45-/m1/s1. The fraction of sp³-hybridized carbons (Fsp3) is 0.333. The number of likely N-dealkylation sites (tertiary alicyclic amines) is 2. The van der Waals surface area contributed by atoms with Gasteiger partial charge in [0.2, 0.25) is 17.9 Å². The van der Waals surface area contributed by atoms with E-state index < -0.39 is 53.5 Å². The zero-order chi connectivity index (χ0) is 51.5. The molecule has 10 rings (SSSR count). The van der Waals surface area contributed by atoms with Gasteiger partial charge in [0, 0.05) is 74.8 Å². The van der Waals surface area contributed by atoms with Gasteiger partial charge in [0.05, 0.1) is 47.0 Å². The number of fused-ring (bicyclic) bond motifs is 1. The van der Waals surface area contributed by atoms with E-state index in [9.17, 15) is 38.0 Å². The van der Waals surface area contributed by atoms with Crippen molar-refractivity contribution in [3.05, 3.63) is 131 Å². The first-order chi connectivity index (χ1) is 35.8. The monoisotopic (exact) mass is 1010 g/mol. The van der Waals surface area contributed by atoms with Gasteiger partial charge in [-0.2, -0.15) is 5.10 Å². The van der Waals surface area contributed by atoms with Crippen LogP contribution in [0, 0.1) is 5.82 Å². The number of imide groups is 2. The summed E-state index contributed by atoms with van der Waals surface area (Å²) in [6, 6.07) is 17.1. The van der Waals surface area contributed by atoms with E-state index in [-0.39, 0.29) is 65.8 Å². The third-order valence-corrected chi connectivity index (χ3v) is 13.7. The number of hydrogen-bond donors (Lipinski definition) is 3. The largest absolute Gasteiger partial charge is 0.484 e. The first kappa shape index (κ1) is 48.9. The average Bonchev–Trinajstić information content (AvgIpc) is 4.17. The number of carbonyl (C=O) groups excluding carboxylic acids is 7. The molecule has 3 aromatic heterocycles. The Kier molecular flexibility index (Phi) is 14.0. The lowest BCUT2D eigenvalue weighted by atomic mass is 10.0. The molecule has 23 heteroatoms. The first-order valence-corrected chi connectivity index (χ1v) is 24.2. The summed E-state index contributed by atoms with van der Waals surface area (Å²) in [5.74, 6) is -4.66. The Hall–Kier alpha value is -8.73. The van der Waals surface area contributed by atoms with Crippen LogP contribution in [-0.4, -0.2) is 136 Å². The molecular formula is C51H50FN13O9. The predicted molar refractivity (Wildman–Crippen MR) is 259 cm³/mol. The molecule has 74 heavy (non-hydrogen) atoms. The molecule has 3 saturated heterocycles. The van der Waals surface area contributed by atoms with Crippen LogP contribution < -0.4 is 21.1 Å². The van der Waals surface area contributed by atoms with Gasteiger partial charge in [-0.05, 0) is 74.6 Å².